The zero-order chi connectivity index (χ0) is 20.9. The van der Waals surface area contributed by atoms with E-state index in [4.69, 9.17) is 11.6 Å². The summed E-state index contributed by atoms with van der Waals surface area (Å²) < 4.78 is 0. The van der Waals surface area contributed by atoms with Gasteiger partial charge in [0.2, 0.25) is 0 Å². The van der Waals surface area contributed by atoms with Gasteiger partial charge in [-0.2, -0.15) is 0 Å². The molecule has 0 saturated heterocycles. The van der Waals surface area contributed by atoms with Gasteiger partial charge in [-0.05, 0) is 55.1 Å². The molecule has 2 heterocycles. The lowest BCUT2D eigenvalue weighted by Gasteiger charge is -2.18. The smallest absolute Gasteiger partial charge is 0.133 e. The molecule has 2 aromatic heterocycles. The maximum Gasteiger partial charge on any atom is 0.133 e. The van der Waals surface area contributed by atoms with Gasteiger partial charge in [0.1, 0.15) is 11.6 Å². The minimum absolute atomic E-state index is 0.739. The summed E-state index contributed by atoms with van der Waals surface area (Å²) in [5.74, 6) is 1.84. The van der Waals surface area contributed by atoms with Gasteiger partial charge in [0.15, 0.2) is 0 Å². The molecule has 5 nitrogen and oxygen atoms in total. The lowest BCUT2D eigenvalue weighted by Crippen LogP contribution is -2.30. The fraction of sp³-hybridized carbons (Fsp3) is 0.250. The molecule has 4 aromatic rings. The topological polar surface area (TPSA) is 53.1 Å². The zero-order valence-electron chi connectivity index (χ0n) is 17.3. The van der Waals surface area contributed by atoms with Crippen LogP contribution in [0.15, 0.2) is 60.9 Å². The van der Waals surface area contributed by atoms with Crippen LogP contribution in [0.4, 0.5) is 11.6 Å². The monoisotopic (exact) mass is 419 g/mol. The van der Waals surface area contributed by atoms with Gasteiger partial charge in [-0.25, -0.2) is 9.97 Å². The normalized spacial score (nSPS) is 11.3. The first kappa shape index (κ1) is 20.4. The van der Waals surface area contributed by atoms with Crippen LogP contribution in [-0.4, -0.2) is 48.1 Å². The van der Waals surface area contributed by atoms with Gasteiger partial charge in [0, 0.05) is 54.4 Å². The van der Waals surface area contributed by atoms with Gasteiger partial charge in [0.05, 0.1) is 0 Å². The van der Waals surface area contributed by atoms with E-state index in [1.165, 1.54) is 10.9 Å². The number of hydrogen-bond acceptors (Lipinski definition) is 5. The third kappa shape index (κ3) is 4.81. The number of halogens is 1. The average molecular weight is 420 g/mol. The molecule has 0 bridgehead atoms. The predicted octanol–water partition coefficient (Wildman–Crippen LogP) is 5.20. The highest BCUT2D eigenvalue weighted by Crippen LogP contribution is 2.24. The van der Waals surface area contributed by atoms with Gasteiger partial charge in [0.25, 0.3) is 0 Å². The molecule has 0 amide bonds. The summed E-state index contributed by atoms with van der Waals surface area (Å²) in [6.45, 7) is 5.59. The molecular weight excluding hydrogens is 394 g/mol. The van der Waals surface area contributed by atoms with E-state index in [9.17, 15) is 0 Å². The Morgan fingerprint density at radius 3 is 2.00 bits per heavy atom. The Labute approximate surface area is 182 Å². The highest BCUT2D eigenvalue weighted by molar-refractivity contribution is 6.31. The van der Waals surface area contributed by atoms with Crippen molar-refractivity contribution in [2.75, 3.05) is 43.9 Å². The van der Waals surface area contributed by atoms with E-state index >= 15 is 0 Å². The molecule has 0 unspecified atom stereocenters. The molecular formula is C24H26ClN5. The number of likely N-dealkylation sites (N-methyl/N-ethyl adjacent to an activating group) is 1. The van der Waals surface area contributed by atoms with E-state index in [-0.39, 0.29) is 0 Å². The SMILES string of the molecule is Cc1ccc2c(NCCN(C)CCNc3nccc4cc(Cl)ccc34)nccc2c1. The van der Waals surface area contributed by atoms with Crippen molar-refractivity contribution in [2.45, 2.75) is 6.92 Å². The van der Waals surface area contributed by atoms with Crippen LogP contribution in [0.5, 0.6) is 0 Å². The van der Waals surface area contributed by atoms with Gasteiger partial charge in [-0.1, -0.05) is 35.4 Å². The van der Waals surface area contributed by atoms with Crippen LogP contribution in [0.2, 0.25) is 5.02 Å². The first-order valence-electron chi connectivity index (χ1n) is 10.2. The van der Waals surface area contributed by atoms with Crippen LogP contribution in [-0.2, 0) is 0 Å². The minimum Gasteiger partial charge on any atom is -0.368 e. The molecule has 30 heavy (non-hydrogen) atoms. The number of rotatable bonds is 8. The Morgan fingerprint density at radius 1 is 0.800 bits per heavy atom. The molecule has 0 fully saturated rings. The lowest BCUT2D eigenvalue weighted by molar-refractivity contribution is 0.360. The van der Waals surface area contributed by atoms with Crippen molar-refractivity contribution in [2.24, 2.45) is 0 Å². The summed E-state index contributed by atoms with van der Waals surface area (Å²) in [6, 6.07) is 16.4. The molecule has 2 N–H and O–H groups in total. The summed E-state index contributed by atoms with van der Waals surface area (Å²) >= 11 is 6.09. The minimum atomic E-state index is 0.739. The number of benzene rings is 2. The number of nitrogens with one attached hydrogen (secondary N) is 2. The van der Waals surface area contributed by atoms with Crippen molar-refractivity contribution < 1.29 is 0 Å². The Bertz CT molecular complexity index is 1070. The number of nitrogens with zero attached hydrogens (tertiary/aromatic N) is 3. The summed E-state index contributed by atoms with van der Waals surface area (Å²) in [4.78, 5) is 11.3. The summed E-state index contributed by atoms with van der Waals surface area (Å²) in [5, 5.41) is 12.2. The zero-order valence-corrected chi connectivity index (χ0v) is 18.1. The van der Waals surface area contributed by atoms with Crippen LogP contribution in [0.1, 0.15) is 5.56 Å². The van der Waals surface area contributed by atoms with Gasteiger partial charge < -0.3 is 15.5 Å². The molecule has 154 valence electrons. The van der Waals surface area contributed by atoms with E-state index in [0.29, 0.717) is 0 Å². The number of pyridine rings is 2. The van der Waals surface area contributed by atoms with Crippen molar-refractivity contribution in [1.29, 1.82) is 0 Å². The van der Waals surface area contributed by atoms with Gasteiger partial charge in [-0.3, -0.25) is 0 Å². The molecule has 2 aromatic carbocycles. The summed E-state index contributed by atoms with van der Waals surface area (Å²) in [6.07, 6.45) is 3.68. The largest absolute Gasteiger partial charge is 0.368 e. The van der Waals surface area contributed by atoms with Crippen LogP contribution >= 0.6 is 11.6 Å². The maximum atomic E-state index is 6.09. The predicted molar refractivity (Wildman–Crippen MR) is 128 cm³/mol. The fourth-order valence-corrected chi connectivity index (χ4v) is 3.75. The second kappa shape index (κ2) is 9.28. The van der Waals surface area contributed by atoms with Crippen molar-refractivity contribution in [3.63, 3.8) is 0 Å². The van der Waals surface area contributed by atoms with Crippen LogP contribution < -0.4 is 10.6 Å². The lowest BCUT2D eigenvalue weighted by atomic mass is 10.1. The molecule has 0 spiro atoms. The van der Waals surface area contributed by atoms with Crippen LogP contribution in [0, 0.1) is 6.92 Å². The second-order valence-corrected chi connectivity index (χ2v) is 8.00. The highest BCUT2D eigenvalue weighted by Gasteiger charge is 2.05. The van der Waals surface area contributed by atoms with E-state index < -0.39 is 0 Å². The first-order valence-corrected chi connectivity index (χ1v) is 10.5. The Morgan fingerprint density at radius 2 is 1.37 bits per heavy atom. The Hall–Kier alpha value is -2.89. The number of anilines is 2. The molecule has 0 aliphatic rings. The quantitative estimate of drug-likeness (QED) is 0.411. The van der Waals surface area contributed by atoms with Crippen molar-refractivity contribution in [3.05, 3.63) is 71.5 Å². The third-order valence-electron chi connectivity index (χ3n) is 5.22. The van der Waals surface area contributed by atoms with E-state index in [1.807, 2.05) is 36.7 Å². The van der Waals surface area contributed by atoms with E-state index in [2.05, 4.69) is 63.7 Å². The molecule has 0 radical (unpaired) electrons. The van der Waals surface area contributed by atoms with E-state index in [1.54, 1.807) is 0 Å². The highest BCUT2D eigenvalue weighted by atomic mass is 35.5. The molecule has 0 saturated carbocycles. The second-order valence-electron chi connectivity index (χ2n) is 7.57. The van der Waals surface area contributed by atoms with Crippen molar-refractivity contribution in [1.82, 2.24) is 14.9 Å². The first-order chi connectivity index (χ1) is 14.6. The summed E-state index contributed by atoms with van der Waals surface area (Å²) in [5.41, 5.74) is 1.26. The fourth-order valence-electron chi connectivity index (χ4n) is 3.57. The van der Waals surface area contributed by atoms with Crippen molar-refractivity contribution in [3.8, 4) is 0 Å². The summed E-state index contributed by atoms with van der Waals surface area (Å²) in [7, 11) is 2.12. The van der Waals surface area contributed by atoms with Crippen LogP contribution in [0.25, 0.3) is 21.5 Å². The number of aromatic nitrogens is 2. The average Bonchev–Trinajstić information content (AvgIpc) is 2.73. The van der Waals surface area contributed by atoms with Gasteiger partial charge >= 0.3 is 0 Å². The molecule has 6 heteroatoms. The number of aryl methyl sites for hydroxylation is 1. The third-order valence-corrected chi connectivity index (χ3v) is 5.45. The standard InChI is InChI=1S/C24H26ClN5/c1-17-3-5-21-18(15-17)7-9-26-23(21)28-11-13-30(2)14-12-29-24-22-6-4-20(25)16-19(22)8-10-27-24/h3-10,15-16H,11-14H2,1-2H3,(H,26,28)(H,27,29). The maximum absolute atomic E-state index is 6.09. The Balaban J connectivity index is 1.28. The molecule has 4 rings (SSSR count). The number of hydrogen-bond donors (Lipinski definition) is 2. The van der Waals surface area contributed by atoms with Crippen molar-refractivity contribution >= 4 is 44.8 Å². The number of fused-ring (bicyclic) bond motifs is 2. The van der Waals surface area contributed by atoms with Gasteiger partial charge in [-0.15, -0.1) is 0 Å². The molecule has 0 aliphatic heterocycles. The Kier molecular flexibility index (Phi) is 6.31. The molecule has 0 aliphatic carbocycles. The molecule has 0 atom stereocenters. The van der Waals surface area contributed by atoms with E-state index in [0.717, 1.165) is 59.0 Å². The van der Waals surface area contributed by atoms with Crippen LogP contribution in [0.3, 0.4) is 0 Å².